The number of carbonyl (C=O) groups excluding carboxylic acids is 3. The molecule has 12 heteroatoms. The number of nitrogens with zero attached hydrogens (tertiary/aromatic N) is 2. The molecule has 2 aromatic rings. The molecule has 36 heavy (non-hydrogen) atoms. The number of para-hydroxylation sites is 1. The van der Waals surface area contributed by atoms with Crippen LogP contribution in [0, 0.1) is 5.92 Å². The quantitative estimate of drug-likeness (QED) is 0.573. The molecule has 0 spiro atoms. The number of carbonyl (C=O) groups is 3. The zero-order chi connectivity index (χ0) is 25.6. The van der Waals surface area contributed by atoms with Crippen LogP contribution in [0.4, 0.5) is 28.4 Å². The van der Waals surface area contributed by atoms with Gasteiger partial charge in [0.25, 0.3) is 0 Å². The number of rotatable bonds is 5. The summed E-state index contributed by atoms with van der Waals surface area (Å²) in [6.07, 6.45) is -0.0194. The Balaban J connectivity index is 1.25. The number of piperidine rings is 1. The van der Waals surface area contributed by atoms with Gasteiger partial charge in [0.15, 0.2) is 0 Å². The third-order valence-electron chi connectivity index (χ3n) is 7.29. The number of anilines is 1. The number of halogens is 3. The monoisotopic (exact) mass is 507 g/mol. The summed E-state index contributed by atoms with van der Waals surface area (Å²) in [5.74, 6) is -0.0638. The average molecular weight is 508 g/mol. The number of aromatic nitrogens is 1. The minimum Gasteiger partial charge on any atom is -0.369 e. The van der Waals surface area contributed by atoms with E-state index in [1.54, 1.807) is 29.2 Å². The van der Waals surface area contributed by atoms with Crippen molar-refractivity contribution < 1.29 is 32.3 Å². The molecular formula is C24H28F3N5O4. The average Bonchev–Trinajstić information content (AvgIpc) is 3.33. The van der Waals surface area contributed by atoms with Crippen LogP contribution < -0.4 is 16.4 Å². The van der Waals surface area contributed by atoms with Crippen molar-refractivity contribution in [3.8, 4) is 0 Å². The molecule has 2 heterocycles. The SMILES string of the molecule is NC(=O)n1cc(NC(=O)N2C3C[C@@H]3C[C@H]2C(=O)NC2CCCC(OCC(F)(F)F)C2)c2ccccc21. The van der Waals surface area contributed by atoms with Crippen molar-refractivity contribution in [1.29, 1.82) is 0 Å². The van der Waals surface area contributed by atoms with Gasteiger partial charge in [0.2, 0.25) is 5.91 Å². The number of amides is 4. The number of hydrogen-bond donors (Lipinski definition) is 3. The van der Waals surface area contributed by atoms with E-state index in [0.717, 1.165) is 6.42 Å². The fraction of sp³-hybridized carbons (Fsp3) is 0.542. The number of urea groups is 1. The van der Waals surface area contributed by atoms with Gasteiger partial charge in [-0.1, -0.05) is 18.2 Å². The molecule has 9 nitrogen and oxygen atoms in total. The van der Waals surface area contributed by atoms with Gasteiger partial charge in [0.1, 0.15) is 12.6 Å². The molecule has 3 unspecified atom stereocenters. The van der Waals surface area contributed by atoms with Crippen molar-refractivity contribution in [3.63, 3.8) is 0 Å². The van der Waals surface area contributed by atoms with Crippen molar-refractivity contribution in [1.82, 2.24) is 14.8 Å². The molecule has 5 rings (SSSR count). The molecular weight excluding hydrogens is 479 g/mol. The summed E-state index contributed by atoms with van der Waals surface area (Å²) in [6.45, 7) is -1.30. The lowest BCUT2D eigenvalue weighted by molar-refractivity contribution is -0.188. The standard InChI is InChI=1S/C24H28F3N5O4/c25-24(26,27)12-36-15-5-3-4-14(10-15)29-21(33)20-9-13-8-19(13)32(20)23(35)30-17-11-31(22(28)34)18-7-2-1-6-16(17)18/h1-2,6-7,11,13-15,19-20H,3-5,8-10,12H2,(H2,28,34)(H,29,33)(H,30,35)/t13-,14?,15?,19?,20+/m1/s1. The van der Waals surface area contributed by atoms with E-state index in [-0.39, 0.29) is 23.9 Å². The van der Waals surface area contributed by atoms with Crippen LogP contribution in [0.1, 0.15) is 38.5 Å². The second-order valence-corrected chi connectivity index (χ2v) is 9.84. The number of nitrogens with two attached hydrogens (primary N) is 1. The number of benzene rings is 1. The Labute approximate surface area is 205 Å². The van der Waals surface area contributed by atoms with Crippen molar-refractivity contribution in [2.24, 2.45) is 11.7 Å². The van der Waals surface area contributed by atoms with Gasteiger partial charge in [0, 0.05) is 23.7 Å². The smallest absolute Gasteiger partial charge is 0.369 e. The van der Waals surface area contributed by atoms with E-state index in [0.29, 0.717) is 48.7 Å². The highest BCUT2D eigenvalue weighted by molar-refractivity contribution is 6.05. The summed E-state index contributed by atoms with van der Waals surface area (Å²) >= 11 is 0. The molecule has 1 aromatic carbocycles. The second kappa shape index (κ2) is 9.30. The van der Waals surface area contributed by atoms with Gasteiger partial charge in [-0.05, 0) is 50.5 Å². The topological polar surface area (TPSA) is 119 Å². The van der Waals surface area contributed by atoms with Crippen LogP contribution in [0.25, 0.3) is 10.9 Å². The van der Waals surface area contributed by atoms with Gasteiger partial charge in [-0.2, -0.15) is 13.2 Å². The van der Waals surface area contributed by atoms with E-state index in [1.165, 1.54) is 10.8 Å². The first-order chi connectivity index (χ1) is 17.1. The van der Waals surface area contributed by atoms with Crippen LogP contribution in [-0.4, -0.2) is 64.4 Å². The van der Waals surface area contributed by atoms with E-state index in [4.69, 9.17) is 10.5 Å². The summed E-state index contributed by atoms with van der Waals surface area (Å²) < 4.78 is 43.8. The molecule has 2 saturated carbocycles. The van der Waals surface area contributed by atoms with Crippen molar-refractivity contribution in [2.75, 3.05) is 11.9 Å². The molecule has 4 amide bonds. The number of likely N-dealkylation sites (tertiary alicyclic amines) is 1. The molecule has 1 aromatic heterocycles. The first-order valence-corrected chi connectivity index (χ1v) is 12.1. The Morgan fingerprint density at radius 1 is 1.11 bits per heavy atom. The van der Waals surface area contributed by atoms with Crippen LogP contribution in [0.5, 0.6) is 0 Å². The van der Waals surface area contributed by atoms with E-state index in [1.807, 2.05) is 0 Å². The lowest BCUT2D eigenvalue weighted by atomic mass is 9.92. The number of fused-ring (bicyclic) bond motifs is 2. The Kier molecular flexibility index (Phi) is 6.31. The van der Waals surface area contributed by atoms with Gasteiger partial charge in [-0.25, -0.2) is 9.59 Å². The highest BCUT2D eigenvalue weighted by Gasteiger charge is 2.56. The summed E-state index contributed by atoms with van der Waals surface area (Å²) in [6, 6.07) is 4.87. The van der Waals surface area contributed by atoms with Crippen LogP contribution in [-0.2, 0) is 9.53 Å². The Hall–Kier alpha value is -3.28. The lowest BCUT2D eigenvalue weighted by Crippen LogP contribution is -2.52. The molecule has 194 valence electrons. The van der Waals surface area contributed by atoms with Gasteiger partial charge >= 0.3 is 18.2 Å². The fourth-order valence-electron chi connectivity index (χ4n) is 5.56. The van der Waals surface area contributed by atoms with E-state index in [9.17, 15) is 27.6 Å². The molecule has 0 bridgehead atoms. The van der Waals surface area contributed by atoms with E-state index < -0.39 is 37.0 Å². The third-order valence-corrected chi connectivity index (χ3v) is 7.29. The van der Waals surface area contributed by atoms with Gasteiger partial charge in [0.05, 0.1) is 17.3 Å². The van der Waals surface area contributed by atoms with Crippen LogP contribution in [0.2, 0.25) is 0 Å². The number of nitrogens with one attached hydrogen (secondary N) is 2. The maximum Gasteiger partial charge on any atom is 0.411 e. The maximum atomic E-state index is 13.3. The largest absolute Gasteiger partial charge is 0.411 e. The molecule has 2 aliphatic carbocycles. The van der Waals surface area contributed by atoms with Crippen LogP contribution >= 0.6 is 0 Å². The minimum atomic E-state index is -4.39. The summed E-state index contributed by atoms with van der Waals surface area (Å²) in [4.78, 5) is 39.8. The Morgan fingerprint density at radius 3 is 2.64 bits per heavy atom. The molecule has 1 aliphatic heterocycles. The molecule has 4 N–H and O–H groups in total. The zero-order valence-electron chi connectivity index (χ0n) is 19.5. The molecule has 0 radical (unpaired) electrons. The number of ether oxygens (including phenoxy) is 1. The second-order valence-electron chi connectivity index (χ2n) is 9.84. The summed E-state index contributed by atoms with van der Waals surface area (Å²) in [5.41, 5.74) is 6.43. The van der Waals surface area contributed by atoms with Gasteiger partial charge in [-0.15, -0.1) is 0 Å². The molecule has 1 saturated heterocycles. The number of hydrogen-bond acceptors (Lipinski definition) is 4. The van der Waals surface area contributed by atoms with E-state index >= 15 is 0 Å². The summed E-state index contributed by atoms with van der Waals surface area (Å²) in [5, 5.41) is 6.42. The highest BCUT2D eigenvalue weighted by Crippen LogP contribution is 2.48. The lowest BCUT2D eigenvalue weighted by Gasteiger charge is -2.32. The normalized spacial score (nSPS) is 27.5. The third kappa shape index (κ3) is 4.99. The van der Waals surface area contributed by atoms with Gasteiger partial charge in [-0.3, -0.25) is 9.36 Å². The predicted octanol–water partition coefficient (Wildman–Crippen LogP) is 3.57. The van der Waals surface area contributed by atoms with Crippen LogP contribution in [0.3, 0.4) is 0 Å². The first-order valence-electron chi connectivity index (χ1n) is 12.1. The summed E-state index contributed by atoms with van der Waals surface area (Å²) in [7, 11) is 0. The van der Waals surface area contributed by atoms with Gasteiger partial charge < -0.3 is 26.0 Å². The van der Waals surface area contributed by atoms with Crippen molar-refractivity contribution in [2.45, 2.75) is 68.9 Å². The first kappa shape index (κ1) is 24.4. The maximum absolute atomic E-state index is 13.3. The highest BCUT2D eigenvalue weighted by atomic mass is 19.4. The van der Waals surface area contributed by atoms with Crippen molar-refractivity contribution >= 4 is 34.6 Å². The molecule has 3 fully saturated rings. The van der Waals surface area contributed by atoms with E-state index in [2.05, 4.69) is 10.6 Å². The fourth-order valence-corrected chi connectivity index (χ4v) is 5.56. The minimum absolute atomic E-state index is 0.0422. The zero-order valence-corrected chi connectivity index (χ0v) is 19.5. The van der Waals surface area contributed by atoms with Crippen molar-refractivity contribution in [3.05, 3.63) is 30.5 Å². The molecule has 3 aliphatic rings. The predicted molar refractivity (Wildman–Crippen MR) is 124 cm³/mol. The number of alkyl halides is 3. The number of primary amides is 1. The Bertz CT molecular complexity index is 1180. The molecule has 5 atom stereocenters. The Morgan fingerprint density at radius 2 is 1.89 bits per heavy atom. The van der Waals surface area contributed by atoms with Crippen LogP contribution in [0.15, 0.2) is 30.5 Å².